The first-order valence-electron chi connectivity index (χ1n) is 9.13. The van der Waals surface area contributed by atoms with E-state index in [0.29, 0.717) is 5.82 Å². The van der Waals surface area contributed by atoms with Gasteiger partial charge in [0.1, 0.15) is 5.82 Å². The van der Waals surface area contributed by atoms with Crippen LogP contribution in [0.1, 0.15) is 22.3 Å². The van der Waals surface area contributed by atoms with E-state index in [4.69, 9.17) is 5.73 Å². The summed E-state index contributed by atoms with van der Waals surface area (Å²) in [5.41, 5.74) is 8.58. The number of hydrogen-bond acceptors (Lipinski definition) is 3. The van der Waals surface area contributed by atoms with Gasteiger partial charge in [0.25, 0.3) is 0 Å². The molecule has 0 aliphatic heterocycles. The summed E-state index contributed by atoms with van der Waals surface area (Å²) in [5, 5.41) is 2.46. The minimum absolute atomic E-state index is 0.0831. The van der Waals surface area contributed by atoms with Gasteiger partial charge < -0.3 is 11.1 Å². The monoisotopic (exact) mass is 411 g/mol. The van der Waals surface area contributed by atoms with Gasteiger partial charge in [-0.1, -0.05) is 24.3 Å². The highest BCUT2D eigenvalue weighted by Gasteiger charge is 2.32. The number of carbonyl (C=O) groups is 1. The molecule has 1 aromatic heterocycles. The Morgan fingerprint density at radius 2 is 1.80 bits per heavy atom. The molecule has 154 valence electrons. The van der Waals surface area contributed by atoms with Gasteiger partial charge in [-0.25, -0.2) is 4.98 Å². The molecule has 0 fully saturated rings. The van der Waals surface area contributed by atoms with E-state index in [2.05, 4.69) is 10.3 Å². The Labute approximate surface area is 172 Å². The SMILES string of the molecule is Cc1ccc(NC(=O)C=Cc2cccc(-c3cnc(N)c(C)c3)c2)cc1C(F)(F)F. The van der Waals surface area contributed by atoms with Crippen molar-refractivity contribution in [2.24, 2.45) is 0 Å². The average molecular weight is 411 g/mol. The van der Waals surface area contributed by atoms with Crippen molar-refractivity contribution in [2.75, 3.05) is 11.1 Å². The lowest BCUT2D eigenvalue weighted by molar-refractivity contribution is -0.138. The molecular formula is C23H20F3N3O. The summed E-state index contributed by atoms with van der Waals surface area (Å²) in [7, 11) is 0. The number of benzene rings is 2. The number of nitrogens with two attached hydrogens (primary N) is 1. The van der Waals surface area contributed by atoms with Crippen molar-refractivity contribution in [3.63, 3.8) is 0 Å². The van der Waals surface area contributed by atoms with Crippen LogP contribution < -0.4 is 11.1 Å². The van der Waals surface area contributed by atoms with E-state index in [0.717, 1.165) is 28.3 Å². The van der Waals surface area contributed by atoms with Gasteiger partial charge >= 0.3 is 6.18 Å². The zero-order valence-electron chi connectivity index (χ0n) is 16.4. The molecule has 0 saturated carbocycles. The minimum Gasteiger partial charge on any atom is -0.383 e. The third-order valence-corrected chi connectivity index (χ3v) is 4.58. The molecule has 3 N–H and O–H groups in total. The van der Waals surface area contributed by atoms with E-state index in [-0.39, 0.29) is 11.3 Å². The molecule has 0 saturated heterocycles. The Balaban J connectivity index is 1.75. The number of rotatable bonds is 4. The minimum atomic E-state index is -4.48. The number of anilines is 2. The van der Waals surface area contributed by atoms with Crippen LogP contribution in [-0.2, 0) is 11.0 Å². The molecule has 4 nitrogen and oxygen atoms in total. The first-order valence-corrected chi connectivity index (χ1v) is 9.13. The standard InChI is InChI=1S/C23H20F3N3O/c1-14-6-8-19(12-20(14)23(24,25)26)29-21(30)9-7-16-4-3-5-17(11-16)18-10-15(2)22(27)28-13-18/h3-13H,1-2H3,(H2,27,28)(H,29,30). The number of hydrogen-bond donors (Lipinski definition) is 2. The van der Waals surface area contributed by atoms with Gasteiger partial charge in [-0.2, -0.15) is 13.2 Å². The zero-order chi connectivity index (χ0) is 21.9. The van der Waals surface area contributed by atoms with Gasteiger partial charge in [0.2, 0.25) is 5.91 Å². The number of pyridine rings is 1. The van der Waals surface area contributed by atoms with Crippen molar-refractivity contribution in [1.82, 2.24) is 4.98 Å². The van der Waals surface area contributed by atoms with Crippen molar-refractivity contribution in [2.45, 2.75) is 20.0 Å². The number of carbonyl (C=O) groups excluding carboxylic acids is 1. The Morgan fingerprint density at radius 3 is 2.50 bits per heavy atom. The van der Waals surface area contributed by atoms with Crippen LogP contribution in [0.5, 0.6) is 0 Å². The van der Waals surface area contributed by atoms with Gasteiger partial charge in [0.05, 0.1) is 5.56 Å². The first kappa shape index (κ1) is 21.1. The van der Waals surface area contributed by atoms with Crippen LogP contribution in [0.15, 0.2) is 60.8 Å². The average Bonchev–Trinajstić information content (AvgIpc) is 2.69. The fraction of sp³-hybridized carbons (Fsp3) is 0.130. The van der Waals surface area contributed by atoms with E-state index in [1.165, 1.54) is 25.1 Å². The Hall–Kier alpha value is -3.61. The Morgan fingerprint density at radius 1 is 1.03 bits per heavy atom. The molecule has 1 heterocycles. The maximum atomic E-state index is 13.0. The highest BCUT2D eigenvalue weighted by Crippen LogP contribution is 2.33. The highest BCUT2D eigenvalue weighted by atomic mass is 19.4. The molecule has 0 aliphatic rings. The third-order valence-electron chi connectivity index (χ3n) is 4.58. The molecule has 3 rings (SSSR count). The first-order chi connectivity index (χ1) is 14.1. The zero-order valence-corrected chi connectivity index (χ0v) is 16.4. The quantitative estimate of drug-likeness (QED) is 0.548. The highest BCUT2D eigenvalue weighted by molar-refractivity contribution is 6.02. The molecule has 0 spiro atoms. The van der Waals surface area contributed by atoms with E-state index < -0.39 is 17.6 Å². The van der Waals surface area contributed by atoms with Crippen LogP contribution in [0.2, 0.25) is 0 Å². The lowest BCUT2D eigenvalue weighted by atomic mass is 10.0. The summed E-state index contributed by atoms with van der Waals surface area (Å²) in [5.74, 6) is -0.0568. The number of aromatic nitrogens is 1. The summed E-state index contributed by atoms with van der Waals surface area (Å²) < 4.78 is 39.1. The maximum Gasteiger partial charge on any atom is 0.416 e. The van der Waals surface area contributed by atoms with Crippen molar-refractivity contribution < 1.29 is 18.0 Å². The third kappa shape index (κ3) is 5.05. The van der Waals surface area contributed by atoms with Crippen molar-refractivity contribution >= 4 is 23.5 Å². The van der Waals surface area contributed by atoms with E-state index >= 15 is 0 Å². The fourth-order valence-corrected chi connectivity index (χ4v) is 2.93. The van der Waals surface area contributed by atoms with Crippen LogP contribution in [0.25, 0.3) is 17.2 Å². The number of alkyl halides is 3. The summed E-state index contributed by atoms with van der Waals surface area (Å²) >= 11 is 0. The van der Waals surface area contributed by atoms with E-state index in [9.17, 15) is 18.0 Å². The van der Waals surface area contributed by atoms with Gasteiger partial charge in [-0.3, -0.25) is 4.79 Å². The predicted molar refractivity (Wildman–Crippen MR) is 113 cm³/mol. The normalized spacial score (nSPS) is 11.6. The lowest BCUT2D eigenvalue weighted by Crippen LogP contribution is -2.11. The van der Waals surface area contributed by atoms with Crippen LogP contribution in [0, 0.1) is 13.8 Å². The molecule has 0 aliphatic carbocycles. The molecule has 7 heteroatoms. The molecule has 2 aromatic carbocycles. The molecule has 1 amide bonds. The number of amides is 1. The van der Waals surface area contributed by atoms with Gasteiger partial charge in [-0.05, 0) is 66.4 Å². The summed E-state index contributed by atoms with van der Waals surface area (Å²) in [6, 6.07) is 13.1. The largest absolute Gasteiger partial charge is 0.416 e. The lowest BCUT2D eigenvalue weighted by Gasteiger charge is -2.12. The second-order valence-corrected chi connectivity index (χ2v) is 6.90. The van der Waals surface area contributed by atoms with Crippen LogP contribution in [-0.4, -0.2) is 10.9 Å². The van der Waals surface area contributed by atoms with Gasteiger partial charge in [0, 0.05) is 23.5 Å². The van der Waals surface area contributed by atoms with Gasteiger partial charge in [-0.15, -0.1) is 0 Å². The van der Waals surface area contributed by atoms with E-state index in [1.54, 1.807) is 12.3 Å². The van der Waals surface area contributed by atoms with Crippen molar-refractivity contribution in [3.8, 4) is 11.1 Å². The molecule has 0 unspecified atom stereocenters. The smallest absolute Gasteiger partial charge is 0.383 e. The number of aryl methyl sites for hydroxylation is 2. The number of nitrogen functional groups attached to an aromatic ring is 1. The van der Waals surface area contributed by atoms with Crippen LogP contribution in [0.3, 0.4) is 0 Å². The van der Waals surface area contributed by atoms with Gasteiger partial charge in [0.15, 0.2) is 0 Å². The van der Waals surface area contributed by atoms with Crippen molar-refractivity contribution in [1.29, 1.82) is 0 Å². The Bertz CT molecular complexity index is 1120. The molecule has 0 radical (unpaired) electrons. The number of nitrogens with one attached hydrogen (secondary N) is 1. The van der Waals surface area contributed by atoms with Crippen LogP contribution in [0.4, 0.5) is 24.7 Å². The summed E-state index contributed by atoms with van der Waals surface area (Å²) in [6.45, 7) is 3.24. The summed E-state index contributed by atoms with van der Waals surface area (Å²) in [6.07, 6.45) is 0.0674. The summed E-state index contributed by atoms with van der Waals surface area (Å²) in [4.78, 5) is 16.3. The Kier molecular flexibility index (Phi) is 5.91. The molecule has 0 bridgehead atoms. The fourth-order valence-electron chi connectivity index (χ4n) is 2.93. The van der Waals surface area contributed by atoms with E-state index in [1.807, 2.05) is 37.3 Å². The predicted octanol–water partition coefficient (Wildman–Crippen LogP) is 5.62. The second-order valence-electron chi connectivity index (χ2n) is 6.90. The second kappa shape index (κ2) is 8.41. The number of halogens is 3. The van der Waals surface area contributed by atoms with Crippen molar-refractivity contribution in [3.05, 3.63) is 83.1 Å². The molecule has 0 atom stereocenters. The number of nitrogens with zero attached hydrogens (tertiary/aromatic N) is 1. The molecular weight excluding hydrogens is 391 g/mol. The topological polar surface area (TPSA) is 68.0 Å². The maximum absolute atomic E-state index is 13.0. The van der Waals surface area contributed by atoms with Crippen LogP contribution >= 0.6 is 0 Å². The molecule has 30 heavy (non-hydrogen) atoms. The molecule has 3 aromatic rings.